The van der Waals surface area contributed by atoms with Gasteiger partial charge in [-0.25, -0.2) is 14.8 Å². The van der Waals surface area contributed by atoms with Gasteiger partial charge in [0.2, 0.25) is 0 Å². The molecule has 4 aromatic rings. The highest BCUT2D eigenvalue weighted by atomic mass is 32.2. The number of unbranched alkanes of at least 4 members (excludes halogenated alkanes) is 4. The second-order valence-electron chi connectivity index (χ2n) is 13.6. The molecule has 0 amide bonds. The number of aryl methyl sites for hydroxylation is 2. The summed E-state index contributed by atoms with van der Waals surface area (Å²) >= 11 is 1.70. The number of fused-ring (bicyclic) bond motifs is 2. The molecule has 3 heterocycles. The van der Waals surface area contributed by atoms with Gasteiger partial charge >= 0.3 is 11.9 Å². The summed E-state index contributed by atoms with van der Waals surface area (Å²) in [5.41, 5.74) is 4.20. The Hall–Kier alpha value is -3.57. The summed E-state index contributed by atoms with van der Waals surface area (Å²) in [7, 11) is 4.91. The molecule has 1 aromatic carbocycles. The van der Waals surface area contributed by atoms with Crippen molar-refractivity contribution < 1.29 is 23.8 Å². The van der Waals surface area contributed by atoms with Gasteiger partial charge in [0.15, 0.2) is 5.82 Å². The normalized spacial score (nSPS) is 12.2. The van der Waals surface area contributed by atoms with E-state index in [9.17, 15) is 9.59 Å². The maximum atomic E-state index is 12.4. The average Bonchev–Trinajstić information content (AvgIpc) is 3.50. The van der Waals surface area contributed by atoms with Crippen molar-refractivity contribution in [2.45, 2.75) is 104 Å². The molecule has 10 nitrogen and oxygen atoms in total. The van der Waals surface area contributed by atoms with Crippen molar-refractivity contribution in [3.05, 3.63) is 41.6 Å². The van der Waals surface area contributed by atoms with Crippen LogP contribution in [0.3, 0.4) is 0 Å². The van der Waals surface area contributed by atoms with Crippen molar-refractivity contribution in [1.82, 2.24) is 23.8 Å². The fourth-order valence-electron chi connectivity index (χ4n) is 5.40. The van der Waals surface area contributed by atoms with Gasteiger partial charge in [0.1, 0.15) is 22.5 Å². The zero-order valence-corrected chi connectivity index (χ0v) is 29.6. The molecular formula is C35H49N5O5S. The Bertz CT molecular complexity index is 1680. The average molecular weight is 652 g/mol. The molecule has 0 bridgehead atoms. The summed E-state index contributed by atoms with van der Waals surface area (Å²) in [4.78, 5) is 34.5. The number of aromatic nitrogens is 4. The van der Waals surface area contributed by atoms with E-state index in [-0.39, 0.29) is 10.7 Å². The summed E-state index contributed by atoms with van der Waals surface area (Å²) < 4.78 is 23.9. The fraction of sp³-hybridized carbons (Fsp3) is 0.543. The first kappa shape index (κ1) is 35.3. The topological polar surface area (TPSA) is 110 Å². The van der Waals surface area contributed by atoms with Gasteiger partial charge in [0.25, 0.3) is 0 Å². The number of carbonyl (C=O) groups is 2. The highest BCUT2D eigenvalue weighted by molar-refractivity contribution is 7.98. The molecule has 0 saturated heterocycles. The van der Waals surface area contributed by atoms with Gasteiger partial charge in [-0.15, -0.1) is 0 Å². The Morgan fingerprint density at radius 2 is 1.65 bits per heavy atom. The number of hydrogen-bond acceptors (Lipinski definition) is 9. The number of ether oxygens (including phenoxy) is 3. The quantitative estimate of drug-likeness (QED) is 0.0837. The van der Waals surface area contributed by atoms with Crippen molar-refractivity contribution in [1.29, 1.82) is 0 Å². The molecule has 0 aliphatic heterocycles. The van der Waals surface area contributed by atoms with Gasteiger partial charge in [-0.05, 0) is 84.7 Å². The third-order valence-electron chi connectivity index (χ3n) is 7.42. The smallest absolute Gasteiger partial charge is 0.338 e. The van der Waals surface area contributed by atoms with Crippen molar-refractivity contribution in [3.63, 3.8) is 0 Å². The number of hydrogen-bond donors (Lipinski definition) is 1. The third kappa shape index (κ3) is 9.03. The number of methoxy groups -OCH3 is 2. The number of rotatable bonds is 14. The Morgan fingerprint density at radius 3 is 2.33 bits per heavy atom. The van der Waals surface area contributed by atoms with E-state index >= 15 is 0 Å². The van der Waals surface area contributed by atoms with Crippen LogP contribution in [-0.4, -0.2) is 55.6 Å². The van der Waals surface area contributed by atoms with E-state index < -0.39 is 11.6 Å². The van der Waals surface area contributed by atoms with E-state index in [1.54, 1.807) is 31.2 Å². The fourth-order valence-corrected chi connectivity index (χ4v) is 6.05. The molecule has 4 rings (SSSR count). The van der Waals surface area contributed by atoms with Gasteiger partial charge in [0, 0.05) is 36.7 Å². The van der Waals surface area contributed by atoms with E-state index in [2.05, 4.69) is 48.3 Å². The molecule has 46 heavy (non-hydrogen) atoms. The number of nitrogens with one attached hydrogen (secondary N) is 1. The minimum Gasteiger partial charge on any atom is -0.494 e. The number of pyridine rings is 1. The largest absolute Gasteiger partial charge is 0.494 e. The number of imidazole rings is 1. The molecule has 250 valence electrons. The minimum absolute atomic E-state index is 0.0966. The van der Waals surface area contributed by atoms with Crippen LogP contribution in [-0.2, 0) is 34.4 Å². The molecule has 0 saturated carbocycles. The summed E-state index contributed by atoms with van der Waals surface area (Å²) in [6.45, 7) is 13.6. The van der Waals surface area contributed by atoms with Crippen LogP contribution in [0.1, 0.15) is 96.1 Å². The van der Waals surface area contributed by atoms with E-state index in [1.807, 2.05) is 32.4 Å². The predicted octanol–water partition coefficient (Wildman–Crippen LogP) is 7.60. The third-order valence-corrected chi connectivity index (χ3v) is 8.32. The first-order chi connectivity index (χ1) is 21.7. The van der Waals surface area contributed by atoms with Crippen molar-refractivity contribution in [2.75, 3.05) is 14.2 Å². The summed E-state index contributed by atoms with van der Waals surface area (Å²) in [5.74, 6) is 0.734. The maximum Gasteiger partial charge on any atom is 0.338 e. The van der Waals surface area contributed by atoms with Crippen LogP contribution in [0.15, 0.2) is 30.3 Å². The molecular weight excluding hydrogens is 602 g/mol. The molecule has 0 spiro atoms. The molecule has 0 radical (unpaired) electrons. The Labute approximate surface area is 276 Å². The van der Waals surface area contributed by atoms with Gasteiger partial charge in [-0.3, -0.25) is 9.52 Å². The van der Waals surface area contributed by atoms with Crippen LogP contribution >= 0.6 is 11.9 Å². The number of esters is 2. The molecule has 0 atom stereocenters. The SMILES string of the molecule is COC(=O)c1cc(OC)c2c(c1)nc(-c1cc3ccc(CNSC(C)(C)C)nc3n1CCCCCCCC(=O)OC(C)(C)C)n2C. The predicted molar refractivity (Wildman–Crippen MR) is 185 cm³/mol. The highest BCUT2D eigenvalue weighted by Gasteiger charge is 2.22. The van der Waals surface area contributed by atoms with Crippen molar-refractivity contribution >= 4 is 46.0 Å². The lowest BCUT2D eigenvalue weighted by Gasteiger charge is -2.19. The maximum absolute atomic E-state index is 12.4. The van der Waals surface area contributed by atoms with Crippen LogP contribution in [0.4, 0.5) is 0 Å². The minimum atomic E-state index is -0.447. The molecule has 0 fully saturated rings. The lowest BCUT2D eigenvalue weighted by molar-refractivity contribution is -0.154. The molecule has 0 aliphatic carbocycles. The summed E-state index contributed by atoms with van der Waals surface area (Å²) in [6, 6.07) is 9.76. The van der Waals surface area contributed by atoms with E-state index in [0.717, 1.165) is 72.4 Å². The zero-order chi connectivity index (χ0) is 33.6. The zero-order valence-electron chi connectivity index (χ0n) is 28.8. The lowest BCUT2D eigenvalue weighted by atomic mass is 10.1. The number of nitrogens with zero attached hydrogens (tertiary/aromatic N) is 4. The van der Waals surface area contributed by atoms with Crippen LogP contribution in [0, 0.1) is 0 Å². The first-order valence-corrected chi connectivity index (χ1v) is 16.8. The molecule has 0 unspecified atom stereocenters. The molecule has 3 aromatic heterocycles. The summed E-state index contributed by atoms with van der Waals surface area (Å²) in [6.07, 6.45) is 5.26. The van der Waals surface area contributed by atoms with Crippen LogP contribution in [0.2, 0.25) is 0 Å². The second kappa shape index (κ2) is 14.9. The van der Waals surface area contributed by atoms with Crippen LogP contribution in [0.5, 0.6) is 5.75 Å². The van der Waals surface area contributed by atoms with Crippen molar-refractivity contribution in [3.8, 4) is 17.3 Å². The molecule has 0 aliphatic rings. The Balaban J connectivity index is 1.61. The van der Waals surface area contributed by atoms with E-state index in [0.29, 0.717) is 29.8 Å². The standard InChI is InChI=1S/C35H49N5O5S/c1-34(2,3)45-29(41)15-13-11-10-12-14-18-40-27(20-23-16-17-25(37-31(23)40)22-36-46-35(4,5)6)32-38-26-19-24(33(42)44-9)21-28(43-8)30(26)39(32)7/h16-17,19-21,36H,10-15,18,22H2,1-9H3. The second-order valence-corrected chi connectivity index (χ2v) is 15.3. The monoisotopic (exact) mass is 651 g/mol. The van der Waals surface area contributed by atoms with Crippen molar-refractivity contribution in [2.24, 2.45) is 7.05 Å². The van der Waals surface area contributed by atoms with E-state index in [1.165, 1.54) is 7.11 Å². The van der Waals surface area contributed by atoms with E-state index in [4.69, 9.17) is 24.2 Å². The Kier molecular flexibility index (Phi) is 11.4. The van der Waals surface area contributed by atoms with Gasteiger partial charge in [-0.2, -0.15) is 0 Å². The number of benzene rings is 1. The molecule has 1 N–H and O–H groups in total. The first-order valence-electron chi connectivity index (χ1n) is 16.0. The van der Waals surface area contributed by atoms with Crippen LogP contribution < -0.4 is 9.46 Å². The summed E-state index contributed by atoms with van der Waals surface area (Å²) in [5, 5.41) is 1.04. The van der Waals surface area contributed by atoms with Crippen LogP contribution in [0.25, 0.3) is 33.6 Å². The highest BCUT2D eigenvalue weighted by Crippen LogP contribution is 2.34. The van der Waals surface area contributed by atoms with Gasteiger partial charge in [0.05, 0.1) is 36.7 Å². The number of carbonyl (C=O) groups excluding carboxylic acids is 2. The lowest BCUT2D eigenvalue weighted by Crippen LogP contribution is -2.23. The van der Waals surface area contributed by atoms with Gasteiger partial charge in [-0.1, -0.05) is 31.2 Å². The molecule has 11 heteroatoms. The Morgan fingerprint density at radius 1 is 0.935 bits per heavy atom. The van der Waals surface area contributed by atoms with Gasteiger partial charge < -0.3 is 23.3 Å².